The second-order valence-corrected chi connectivity index (χ2v) is 3.76. The molecule has 0 aliphatic carbocycles. The van der Waals surface area contributed by atoms with Crippen molar-refractivity contribution in [2.24, 2.45) is 12.9 Å². The molecule has 1 aromatic heterocycles. The van der Waals surface area contributed by atoms with Crippen molar-refractivity contribution in [3.63, 3.8) is 0 Å². The summed E-state index contributed by atoms with van der Waals surface area (Å²) in [4.78, 5) is 2.14. The number of hydrogen-bond donors (Lipinski definition) is 2. The molecule has 1 aromatic rings. The molecule has 14 heavy (non-hydrogen) atoms. The summed E-state index contributed by atoms with van der Waals surface area (Å²) in [5.74, 6) is 5.49. The number of nitrogens with two attached hydrogens (primary N) is 1. The molecule has 80 valence electrons. The molecule has 1 atom stereocenters. The van der Waals surface area contributed by atoms with E-state index in [2.05, 4.69) is 29.5 Å². The van der Waals surface area contributed by atoms with Crippen LogP contribution >= 0.6 is 0 Å². The van der Waals surface area contributed by atoms with Gasteiger partial charge in [0.05, 0.1) is 12.2 Å². The third kappa shape index (κ3) is 3.10. The average molecular weight is 197 g/mol. The van der Waals surface area contributed by atoms with Gasteiger partial charge in [0.1, 0.15) is 0 Å². The highest BCUT2D eigenvalue weighted by molar-refractivity contribution is 5.09. The van der Waals surface area contributed by atoms with Crippen molar-refractivity contribution in [1.82, 2.24) is 20.1 Å². The minimum absolute atomic E-state index is 0.186. The molecule has 0 bridgehead atoms. The fraction of sp³-hybridized carbons (Fsp3) is 0.667. The molecule has 1 rings (SSSR count). The van der Waals surface area contributed by atoms with Gasteiger partial charge in [0.2, 0.25) is 0 Å². The van der Waals surface area contributed by atoms with E-state index in [9.17, 15) is 0 Å². The van der Waals surface area contributed by atoms with Crippen LogP contribution in [0, 0.1) is 0 Å². The van der Waals surface area contributed by atoms with Crippen LogP contribution in [-0.2, 0) is 7.05 Å². The molecule has 1 unspecified atom stereocenters. The zero-order valence-corrected chi connectivity index (χ0v) is 9.07. The molecule has 0 radical (unpaired) electrons. The van der Waals surface area contributed by atoms with E-state index >= 15 is 0 Å². The Kier molecular flexibility index (Phi) is 4.06. The number of hydrogen-bond acceptors (Lipinski definition) is 4. The number of rotatable bonds is 5. The van der Waals surface area contributed by atoms with E-state index in [1.165, 1.54) is 0 Å². The first-order valence-corrected chi connectivity index (χ1v) is 4.73. The number of nitrogens with one attached hydrogen (secondary N) is 1. The SMILES string of the molecule is CN(C)CCC(NN)c1cnn(C)c1. The van der Waals surface area contributed by atoms with E-state index in [1.807, 2.05) is 19.4 Å². The van der Waals surface area contributed by atoms with Crippen molar-refractivity contribution in [3.8, 4) is 0 Å². The number of aromatic nitrogens is 2. The Bertz CT molecular complexity index is 268. The number of nitrogens with zero attached hydrogens (tertiary/aromatic N) is 3. The zero-order valence-electron chi connectivity index (χ0n) is 9.07. The highest BCUT2D eigenvalue weighted by Crippen LogP contribution is 2.14. The summed E-state index contributed by atoms with van der Waals surface area (Å²) in [6.45, 7) is 1.00. The molecule has 3 N–H and O–H groups in total. The van der Waals surface area contributed by atoms with Crippen LogP contribution in [0.4, 0.5) is 0 Å². The van der Waals surface area contributed by atoms with Crippen molar-refractivity contribution in [2.45, 2.75) is 12.5 Å². The minimum Gasteiger partial charge on any atom is -0.309 e. The van der Waals surface area contributed by atoms with Gasteiger partial charge in [-0.2, -0.15) is 5.10 Å². The monoisotopic (exact) mass is 197 g/mol. The summed E-state index contributed by atoms with van der Waals surface area (Å²) in [7, 11) is 6.01. The van der Waals surface area contributed by atoms with Gasteiger partial charge < -0.3 is 4.90 Å². The van der Waals surface area contributed by atoms with Crippen LogP contribution in [0.25, 0.3) is 0 Å². The Labute approximate surface area is 84.8 Å². The van der Waals surface area contributed by atoms with Gasteiger partial charge in [0, 0.05) is 18.8 Å². The first-order chi connectivity index (χ1) is 6.63. The minimum atomic E-state index is 0.186. The van der Waals surface area contributed by atoms with E-state index in [0.29, 0.717) is 0 Å². The molecule has 0 saturated heterocycles. The lowest BCUT2D eigenvalue weighted by atomic mass is 10.1. The van der Waals surface area contributed by atoms with Gasteiger partial charge in [-0.25, -0.2) is 0 Å². The largest absolute Gasteiger partial charge is 0.309 e. The normalized spacial score (nSPS) is 13.5. The maximum absolute atomic E-state index is 5.49. The van der Waals surface area contributed by atoms with Crippen LogP contribution in [-0.4, -0.2) is 35.3 Å². The Morgan fingerprint density at radius 1 is 1.64 bits per heavy atom. The smallest absolute Gasteiger partial charge is 0.0538 e. The Hall–Kier alpha value is -0.910. The van der Waals surface area contributed by atoms with Crippen LogP contribution in [0.2, 0.25) is 0 Å². The van der Waals surface area contributed by atoms with Crippen LogP contribution < -0.4 is 11.3 Å². The van der Waals surface area contributed by atoms with Crippen molar-refractivity contribution in [1.29, 1.82) is 0 Å². The second kappa shape index (κ2) is 5.09. The zero-order chi connectivity index (χ0) is 10.6. The molecule has 0 spiro atoms. The summed E-state index contributed by atoms with van der Waals surface area (Å²) in [6, 6.07) is 0.186. The maximum atomic E-state index is 5.49. The van der Waals surface area contributed by atoms with Crippen LogP contribution in [0.15, 0.2) is 12.4 Å². The molecular formula is C9H19N5. The van der Waals surface area contributed by atoms with Crippen molar-refractivity contribution < 1.29 is 0 Å². The molecular weight excluding hydrogens is 178 g/mol. The highest BCUT2D eigenvalue weighted by atomic mass is 15.3. The first kappa shape index (κ1) is 11.2. The molecule has 5 nitrogen and oxygen atoms in total. The molecule has 5 heteroatoms. The fourth-order valence-corrected chi connectivity index (χ4v) is 1.35. The Morgan fingerprint density at radius 3 is 2.79 bits per heavy atom. The van der Waals surface area contributed by atoms with Gasteiger partial charge in [0.25, 0.3) is 0 Å². The molecule has 0 saturated carbocycles. The first-order valence-electron chi connectivity index (χ1n) is 4.73. The molecule has 0 amide bonds. The van der Waals surface area contributed by atoms with Gasteiger partial charge >= 0.3 is 0 Å². The molecule has 0 aliphatic rings. The van der Waals surface area contributed by atoms with Crippen LogP contribution in [0.3, 0.4) is 0 Å². The predicted molar refractivity (Wildman–Crippen MR) is 56.4 cm³/mol. The van der Waals surface area contributed by atoms with Gasteiger partial charge in [-0.1, -0.05) is 0 Å². The second-order valence-electron chi connectivity index (χ2n) is 3.76. The lowest BCUT2D eigenvalue weighted by molar-refractivity contribution is 0.363. The van der Waals surface area contributed by atoms with Crippen molar-refractivity contribution in [3.05, 3.63) is 18.0 Å². The summed E-state index contributed by atoms with van der Waals surface area (Å²) in [5.41, 5.74) is 3.94. The summed E-state index contributed by atoms with van der Waals surface area (Å²) in [5, 5.41) is 4.12. The van der Waals surface area contributed by atoms with Crippen LogP contribution in [0.5, 0.6) is 0 Å². The van der Waals surface area contributed by atoms with Gasteiger partial charge in [0.15, 0.2) is 0 Å². The van der Waals surface area contributed by atoms with Crippen molar-refractivity contribution in [2.75, 3.05) is 20.6 Å². The number of hydrazine groups is 1. The lowest BCUT2D eigenvalue weighted by Gasteiger charge is -2.16. The standard InChI is InChI=1S/C9H19N5/c1-13(2)5-4-9(12-10)8-6-11-14(3)7-8/h6-7,9,12H,4-5,10H2,1-3H3. The average Bonchev–Trinajstić information content (AvgIpc) is 2.53. The summed E-state index contributed by atoms with van der Waals surface area (Å²) >= 11 is 0. The third-order valence-electron chi connectivity index (χ3n) is 2.19. The van der Waals surface area contributed by atoms with E-state index in [-0.39, 0.29) is 6.04 Å². The maximum Gasteiger partial charge on any atom is 0.0538 e. The molecule has 0 aliphatic heterocycles. The molecule has 1 heterocycles. The van der Waals surface area contributed by atoms with Gasteiger partial charge in [-0.3, -0.25) is 16.0 Å². The van der Waals surface area contributed by atoms with Gasteiger partial charge in [-0.15, -0.1) is 0 Å². The summed E-state index contributed by atoms with van der Waals surface area (Å²) in [6.07, 6.45) is 4.82. The Balaban J connectivity index is 2.54. The van der Waals surface area contributed by atoms with E-state index in [4.69, 9.17) is 5.84 Å². The number of aryl methyl sites for hydroxylation is 1. The quantitative estimate of drug-likeness (QED) is 0.510. The summed E-state index contributed by atoms with van der Waals surface area (Å²) < 4.78 is 1.79. The van der Waals surface area contributed by atoms with Crippen LogP contribution in [0.1, 0.15) is 18.0 Å². The van der Waals surface area contributed by atoms with Crippen molar-refractivity contribution >= 4 is 0 Å². The Morgan fingerprint density at radius 2 is 2.36 bits per heavy atom. The van der Waals surface area contributed by atoms with Gasteiger partial charge in [-0.05, 0) is 27.1 Å². The van der Waals surface area contributed by atoms with E-state index < -0.39 is 0 Å². The van der Waals surface area contributed by atoms with E-state index in [1.54, 1.807) is 4.68 Å². The topological polar surface area (TPSA) is 59.1 Å². The fourth-order valence-electron chi connectivity index (χ4n) is 1.35. The third-order valence-corrected chi connectivity index (χ3v) is 2.19. The van der Waals surface area contributed by atoms with E-state index in [0.717, 1.165) is 18.5 Å². The molecule has 0 fully saturated rings. The lowest BCUT2D eigenvalue weighted by Crippen LogP contribution is -2.30. The molecule has 0 aromatic carbocycles. The highest BCUT2D eigenvalue weighted by Gasteiger charge is 2.11. The predicted octanol–water partition coefficient (Wildman–Crippen LogP) is -0.124.